The molecule has 1 atom stereocenters. The van der Waals surface area contributed by atoms with E-state index in [4.69, 9.17) is 4.42 Å². The molecule has 1 aromatic heterocycles. The molecular formula is C22H22F4N2O2. The van der Waals surface area contributed by atoms with Gasteiger partial charge in [-0.1, -0.05) is 24.6 Å². The second-order valence-electron chi connectivity index (χ2n) is 7.51. The third-order valence-corrected chi connectivity index (χ3v) is 4.90. The summed E-state index contributed by atoms with van der Waals surface area (Å²) in [6, 6.07) is 8.38. The fourth-order valence-electron chi connectivity index (χ4n) is 3.40. The minimum atomic E-state index is -4.50. The van der Waals surface area contributed by atoms with Gasteiger partial charge in [-0.05, 0) is 43.5 Å². The van der Waals surface area contributed by atoms with Crippen LogP contribution in [0.4, 0.5) is 17.6 Å². The molecule has 160 valence electrons. The van der Waals surface area contributed by atoms with Gasteiger partial charge in [0.15, 0.2) is 17.3 Å². The molecule has 4 nitrogen and oxygen atoms in total. The standard InChI is InChI=1S/C14H16F3NO.C8H6FNO/c1-9-3-4-12(14(15,16)17)11(7-9)13(19)18-6-5-10(2)8-18;1-5-10-7-4-2-3-6(9)8(7)11-5/h3-4,7,10H,5-6,8H2,1-2H3;2-4H,1H3. The summed E-state index contributed by atoms with van der Waals surface area (Å²) in [7, 11) is 0. The van der Waals surface area contributed by atoms with Gasteiger partial charge in [0.25, 0.3) is 5.91 Å². The molecule has 0 spiro atoms. The number of likely N-dealkylation sites (tertiary alicyclic amines) is 1. The number of carbonyl (C=O) groups excluding carboxylic acids is 1. The normalized spacial score (nSPS) is 16.5. The number of rotatable bonds is 1. The quantitative estimate of drug-likeness (QED) is 0.468. The van der Waals surface area contributed by atoms with Gasteiger partial charge in [0.2, 0.25) is 0 Å². The molecule has 8 heteroatoms. The first-order chi connectivity index (χ1) is 14.1. The van der Waals surface area contributed by atoms with E-state index < -0.39 is 17.6 Å². The summed E-state index contributed by atoms with van der Waals surface area (Å²) in [5.74, 6) is -0.0309. The van der Waals surface area contributed by atoms with Crippen molar-refractivity contribution >= 4 is 17.0 Å². The third kappa shape index (κ3) is 4.80. The van der Waals surface area contributed by atoms with Crippen LogP contribution in [0.2, 0.25) is 0 Å². The average molecular weight is 422 g/mol. The summed E-state index contributed by atoms with van der Waals surface area (Å²) in [6.07, 6.45) is -3.65. The Hall–Kier alpha value is -2.90. The van der Waals surface area contributed by atoms with Crippen LogP contribution >= 0.6 is 0 Å². The van der Waals surface area contributed by atoms with Gasteiger partial charge in [-0.3, -0.25) is 4.79 Å². The highest BCUT2D eigenvalue weighted by molar-refractivity contribution is 5.96. The average Bonchev–Trinajstić information content (AvgIpc) is 3.26. The predicted octanol–water partition coefficient (Wildman–Crippen LogP) is 5.77. The summed E-state index contributed by atoms with van der Waals surface area (Å²) in [5, 5.41) is 0. The molecule has 1 aliphatic heterocycles. The van der Waals surface area contributed by atoms with Crippen LogP contribution in [0, 0.1) is 25.6 Å². The Labute approximate surface area is 171 Å². The maximum absolute atomic E-state index is 12.9. The predicted molar refractivity (Wildman–Crippen MR) is 105 cm³/mol. The molecule has 0 N–H and O–H groups in total. The zero-order valence-electron chi connectivity index (χ0n) is 16.9. The van der Waals surface area contributed by atoms with Crippen LogP contribution in [-0.4, -0.2) is 28.9 Å². The second-order valence-corrected chi connectivity index (χ2v) is 7.51. The van der Waals surface area contributed by atoms with Gasteiger partial charge in [0.1, 0.15) is 5.52 Å². The van der Waals surface area contributed by atoms with Gasteiger partial charge in [0.05, 0.1) is 11.1 Å². The Morgan fingerprint density at radius 2 is 1.93 bits per heavy atom. The van der Waals surface area contributed by atoms with Crippen molar-refractivity contribution in [1.82, 2.24) is 9.88 Å². The molecule has 4 rings (SSSR count). The van der Waals surface area contributed by atoms with E-state index in [2.05, 4.69) is 4.98 Å². The van der Waals surface area contributed by atoms with Gasteiger partial charge in [-0.15, -0.1) is 0 Å². The first kappa shape index (κ1) is 21.8. The third-order valence-electron chi connectivity index (χ3n) is 4.90. The smallest absolute Gasteiger partial charge is 0.417 e. The van der Waals surface area contributed by atoms with E-state index in [0.29, 0.717) is 36.0 Å². The van der Waals surface area contributed by atoms with Crippen LogP contribution in [0.5, 0.6) is 0 Å². The molecule has 30 heavy (non-hydrogen) atoms. The van der Waals surface area contributed by atoms with E-state index in [1.54, 1.807) is 26.0 Å². The molecule has 2 aromatic carbocycles. The van der Waals surface area contributed by atoms with E-state index in [9.17, 15) is 22.4 Å². The number of hydrogen-bond acceptors (Lipinski definition) is 3. The van der Waals surface area contributed by atoms with Crippen molar-refractivity contribution in [2.24, 2.45) is 5.92 Å². The van der Waals surface area contributed by atoms with Crippen LogP contribution in [0.3, 0.4) is 0 Å². The van der Waals surface area contributed by atoms with Crippen molar-refractivity contribution in [3.63, 3.8) is 0 Å². The number of nitrogens with zero attached hydrogens (tertiary/aromatic N) is 2. The van der Waals surface area contributed by atoms with Gasteiger partial charge in [-0.25, -0.2) is 9.37 Å². The van der Waals surface area contributed by atoms with Crippen LogP contribution in [0.15, 0.2) is 40.8 Å². The zero-order chi connectivity index (χ0) is 22.1. The van der Waals surface area contributed by atoms with Crippen LogP contribution in [-0.2, 0) is 6.18 Å². The summed E-state index contributed by atoms with van der Waals surface area (Å²) in [4.78, 5) is 17.7. The summed E-state index contributed by atoms with van der Waals surface area (Å²) < 4.78 is 56.7. The number of alkyl halides is 3. The van der Waals surface area contributed by atoms with Crippen molar-refractivity contribution in [3.8, 4) is 0 Å². The lowest BCUT2D eigenvalue weighted by Gasteiger charge is -2.19. The fraction of sp³-hybridized carbons (Fsp3) is 0.364. The molecule has 0 bridgehead atoms. The van der Waals surface area contributed by atoms with Crippen molar-refractivity contribution in [2.75, 3.05) is 13.1 Å². The first-order valence-corrected chi connectivity index (χ1v) is 9.55. The van der Waals surface area contributed by atoms with E-state index in [-0.39, 0.29) is 17.0 Å². The highest BCUT2D eigenvalue weighted by Gasteiger charge is 2.37. The molecule has 1 aliphatic rings. The highest BCUT2D eigenvalue weighted by atomic mass is 19.4. The van der Waals surface area contributed by atoms with Gasteiger partial charge in [0, 0.05) is 20.0 Å². The van der Waals surface area contributed by atoms with Gasteiger partial charge >= 0.3 is 6.18 Å². The molecule has 1 amide bonds. The minimum Gasteiger partial charge on any atom is -0.438 e. The maximum Gasteiger partial charge on any atom is 0.417 e. The van der Waals surface area contributed by atoms with Crippen molar-refractivity contribution in [2.45, 2.75) is 33.4 Å². The molecule has 1 fully saturated rings. The molecule has 0 aliphatic carbocycles. The molecule has 2 heterocycles. The molecule has 3 aromatic rings. The van der Waals surface area contributed by atoms with Crippen LogP contribution in [0.25, 0.3) is 11.1 Å². The van der Waals surface area contributed by atoms with Crippen molar-refractivity contribution < 1.29 is 26.8 Å². The number of fused-ring (bicyclic) bond motifs is 1. The van der Waals surface area contributed by atoms with Crippen LogP contribution < -0.4 is 0 Å². The number of halogens is 4. The lowest BCUT2D eigenvalue weighted by atomic mass is 10.0. The molecule has 0 radical (unpaired) electrons. The SMILES string of the molecule is Cc1ccc(C(F)(F)F)c(C(=O)N2CCC(C)C2)c1.Cc1nc2cccc(F)c2o1. The summed E-state index contributed by atoms with van der Waals surface area (Å²) in [6.45, 7) is 6.44. The Kier molecular flexibility index (Phi) is 6.14. The number of benzene rings is 2. The topological polar surface area (TPSA) is 46.3 Å². The van der Waals surface area contributed by atoms with Gasteiger partial charge in [-0.2, -0.15) is 13.2 Å². The van der Waals surface area contributed by atoms with E-state index >= 15 is 0 Å². The summed E-state index contributed by atoms with van der Waals surface area (Å²) >= 11 is 0. The number of oxazole rings is 1. The first-order valence-electron chi connectivity index (χ1n) is 9.55. The number of aryl methyl sites for hydroxylation is 2. The molecular weight excluding hydrogens is 400 g/mol. The summed E-state index contributed by atoms with van der Waals surface area (Å²) in [5.41, 5.74) is 0.389. The number of aromatic nitrogens is 1. The monoisotopic (exact) mass is 422 g/mol. The van der Waals surface area contributed by atoms with Crippen molar-refractivity contribution in [3.05, 3.63) is 64.8 Å². The minimum absolute atomic E-state index is 0.235. The number of carbonyl (C=O) groups is 1. The lowest BCUT2D eigenvalue weighted by molar-refractivity contribution is -0.138. The molecule has 1 saturated heterocycles. The lowest BCUT2D eigenvalue weighted by Crippen LogP contribution is -2.30. The molecule has 0 saturated carbocycles. The zero-order valence-corrected chi connectivity index (χ0v) is 16.9. The number of para-hydroxylation sites is 1. The molecule has 1 unspecified atom stereocenters. The Bertz CT molecular complexity index is 1060. The fourth-order valence-corrected chi connectivity index (χ4v) is 3.40. The Morgan fingerprint density at radius 3 is 2.53 bits per heavy atom. The number of amides is 1. The Balaban J connectivity index is 0.000000196. The van der Waals surface area contributed by atoms with Crippen molar-refractivity contribution in [1.29, 1.82) is 0 Å². The maximum atomic E-state index is 12.9. The Morgan fingerprint density at radius 1 is 1.20 bits per heavy atom. The highest BCUT2D eigenvalue weighted by Crippen LogP contribution is 2.33. The second kappa shape index (κ2) is 8.45. The van der Waals surface area contributed by atoms with Gasteiger partial charge < -0.3 is 9.32 Å². The van der Waals surface area contributed by atoms with E-state index in [1.165, 1.54) is 23.1 Å². The number of hydrogen-bond donors (Lipinski definition) is 0. The van der Waals surface area contributed by atoms with Crippen LogP contribution in [0.1, 0.15) is 40.7 Å². The van der Waals surface area contributed by atoms with E-state index in [1.807, 2.05) is 6.92 Å². The van der Waals surface area contributed by atoms with E-state index in [0.717, 1.165) is 12.5 Å². The largest absolute Gasteiger partial charge is 0.438 e.